The van der Waals surface area contributed by atoms with Crippen molar-refractivity contribution in [1.82, 2.24) is 19.6 Å². The highest BCUT2D eigenvalue weighted by atomic mass is 19.4. The lowest BCUT2D eigenvalue weighted by molar-refractivity contribution is -0.136. The molecule has 0 aromatic carbocycles. The molecule has 1 aliphatic heterocycles. The third-order valence-corrected chi connectivity index (χ3v) is 4.47. The monoisotopic (exact) mass is 352 g/mol. The van der Waals surface area contributed by atoms with Gasteiger partial charge in [0.05, 0.1) is 12.1 Å². The topological polar surface area (TPSA) is 66.7 Å². The van der Waals surface area contributed by atoms with Crippen LogP contribution in [0, 0.1) is 0 Å². The summed E-state index contributed by atoms with van der Waals surface area (Å²) in [6, 6.07) is 1.13. The average molecular weight is 352 g/mol. The van der Waals surface area contributed by atoms with Crippen LogP contribution in [0.3, 0.4) is 0 Å². The second-order valence-electron chi connectivity index (χ2n) is 6.39. The quantitative estimate of drug-likeness (QED) is 0.896. The number of nitrogens with zero attached hydrogens (tertiary/aromatic N) is 3. The number of carbonyl (C=O) groups excluding carboxylic acids is 2. The van der Waals surface area contributed by atoms with E-state index in [-0.39, 0.29) is 29.7 Å². The van der Waals surface area contributed by atoms with Gasteiger partial charge in [-0.2, -0.15) is 13.2 Å². The predicted molar refractivity (Wildman–Crippen MR) is 81.1 cm³/mol. The number of nitrogens with one attached hydrogen (secondary N) is 1. The van der Waals surface area contributed by atoms with E-state index in [4.69, 9.17) is 0 Å². The number of piperazine rings is 1. The molecular formula is C16H15F3N4O2. The van der Waals surface area contributed by atoms with Crippen LogP contribution in [0.4, 0.5) is 13.2 Å². The molecule has 0 bridgehead atoms. The number of aromatic nitrogens is 2. The largest absolute Gasteiger partial charge is 0.419 e. The van der Waals surface area contributed by atoms with Gasteiger partial charge in [0.25, 0.3) is 5.91 Å². The lowest BCUT2D eigenvalue weighted by Crippen LogP contribution is -2.50. The molecule has 1 aliphatic carbocycles. The molecule has 2 aliphatic rings. The zero-order valence-corrected chi connectivity index (χ0v) is 13.1. The number of imidazole rings is 1. The minimum Gasteiger partial charge on any atom is -0.353 e. The first-order valence-electron chi connectivity index (χ1n) is 7.99. The van der Waals surface area contributed by atoms with Gasteiger partial charge in [0.1, 0.15) is 11.3 Å². The third-order valence-electron chi connectivity index (χ3n) is 4.47. The molecule has 0 radical (unpaired) electrons. The Morgan fingerprint density at radius 3 is 2.68 bits per heavy atom. The van der Waals surface area contributed by atoms with E-state index in [9.17, 15) is 22.8 Å². The molecule has 2 fully saturated rings. The van der Waals surface area contributed by atoms with Crippen molar-refractivity contribution in [3.63, 3.8) is 0 Å². The smallest absolute Gasteiger partial charge is 0.353 e. The Morgan fingerprint density at radius 1 is 1.28 bits per heavy atom. The van der Waals surface area contributed by atoms with E-state index in [0.29, 0.717) is 18.7 Å². The maximum Gasteiger partial charge on any atom is 0.419 e. The van der Waals surface area contributed by atoms with Crippen LogP contribution < -0.4 is 5.32 Å². The molecular weight excluding hydrogens is 337 g/mol. The van der Waals surface area contributed by atoms with Crippen molar-refractivity contribution in [1.29, 1.82) is 0 Å². The zero-order chi connectivity index (χ0) is 17.8. The molecule has 4 rings (SSSR count). The number of hydrogen-bond donors (Lipinski definition) is 1. The summed E-state index contributed by atoms with van der Waals surface area (Å²) in [5.41, 5.74) is -0.615. The second-order valence-corrected chi connectivity index (χ2v) is 6.39. The van der Waals surface area contributed by atoms with Gasteiger partial charge < -0.3 is 14.6 Å². The van der Waals surface area contributed by atoms with Crippen LogP contribution >= 0.6 is 0 Å². The van der Waals surface area contributed by atoms with Crippen molar-refractivity contribution >= 4 is 17.5 Å². The number of amides is 2. The first kappa shape index (κ1) is 15.9. The fraction of sp³-hybridized carbons (Fsp3) is 0.438. The average Bonchev–Trinajstić information content (AvgIpc) is 3.31. The van der Waals surface area contributed by atoms with E-state index >= 15 is 0 Å². The highest BCUT2D eigenvalue weighted by Gasteiger charge is 2.37. The van der Waals surface area contributed by atoms with Crippen LogP contribution in [0.15, 0.2) is 18.5 Å². The van der Waals surface area contributed by atoms with Crippen LogP contribution in [0.1, 0.15) is 40.4 Å². The number of rotatable bonds is 2. The van der Waals surface area contributed by atoms with E-state index in [1.807, 2.05) is 0 Å². The molecule has 0 unspecified atom stereocenters. The van der Waals surface area contributed by atoms with E-state index in [2.05, 4.69) is 10.3 Å². The molecule has 2 aromatic heterocycles. The molecule has 25 heavy (non-hydrogen) atoms. The number of fused-ring (bicyclic) bond motifs is 1. The molecule has 3 heterocycles. The highest BCUT2D eigenvalue weighted by Crippen LogP contribution is 2.42. The molecule has 132 valence electrons. The lowest BCUT2D eigenvalue weighted by Gasteiger charge is -2.25. The van der Waals surface area contributed by atoms with Crippen molar-refractivity contribution in [2.24, 2.45) is 0 Å². The van der Waals surface area contributed by atoms with E-state index in [1.54, 1.807) is 6.20 Å². The van der Waals surface area contributed by atoms with E-state index in [1.165, 1.54) is 15.5 Å². The number of carbonyl (C=O) groups is 2. The lowest BCUT2D eigenvalue weighted by atomic mass is 10.1. The summed E-state index contributed by atoms with van der Waals surface area (Å²) in [5, 5.41) is 2.59. The molecule has 2 amide bonds. The molecule has 0 spiro atoms. The molecule has 0 atom stereocenters. The first-order chi connectivity index (χ1) is 11.8. The van der Waals surface area contributed by atoms with Gasteiger partial charge in [-0.25, -0.2) is 4.98 Å². The first-order valence-corrected chi connectivity index (χ1v) is 7.99. The highest BCUT2D eigenvalue weighted by molar-refractivity contribution is 5.96. The molecule has 1 saturated carbocycles. The Kier molecular flexibility index (Phi) is 3.48. The maximum atomic E-state index is 13.4. The minimum atomic E-state index is -4.55. The van der Waals surface area contributed by atoms with Gasteiger partial charge in [-0.15, -0.1) is 0 Å². The Balaban J connectivity index is 1.76. The molecule has 9 heteroatoms. The molecule has 6 nitrogen and oxygen atoms in total. The normalized spacial score (nSPS) is 18.5. The number of alkyl halides is 3. The van der Waals surface area contributed by atoms with E-state index < -0.39 is 17.6 Å². The summed E-state index contributed by atoms with van der Waals surface area (Å²) in [6.45, 7) is 0.502. The molecule has 1 saturated heterocycles. The van der Waals surface area contributed by atoms with Gasteiger partial charge in [-0.3, -0.25) is 9.59 Å². The number of halogens is 3. The van der Waals surface area contributed by atoms with Gasteiger partial charge in [-0.1, -0.05) is 0 Å². The van der Waals surface area contributed by atoms with E-state index in [0.717, 1.165) is 18.9 Å². The minimum absolute atomic E-state index is 0.0897. The molecule has 1 N–H and O–H groups in total. The summed E-state index contributed by atoms with van der Waals surface area (Å²) in [7, 11) is 0. The van der Waals surface area contributed by atoms with Crippen molar-refractivity contribution in [2.45, 2.75) is 24.9 Å². The molecule has 2 aromatic rings. The fourth-order valence-corrected chi connectivity index (χ4v) is 3.05. The summed E-state index contributed by atoms with van der Waals surface area (Å²) in [4.78, 5) is 29.1. The second kappa shape index (κ2) is 5.47. The summed E-state index contributed by atoms with van der Waals surface area (Å²) < 4.78 is 41.5. The summed E-state index contributed by atoms with van der Waals surface area (Å²) in [5.74, 6) is -0.701. The number of hydrogen-bond acceptors (Lipinski definition) is 3. The zero-order valence-electron chi connectivity index (χ0n) is 13.1. The Morgan fingerprint density at radius 2 is 2.04 bits per heavy atom. The Labute approximate surface area is 140 Å². The SMILES string of the molecule is O=C1CN(C(=O)c2cn3cc(C4CC4)cc(C(F)(F)F)c3n2)CCN1. The Hall–Kier alpha value is -2.58. The van der Waals surface area contributed by atoms with Gasteiger partial charge in [0.15, 0.2) is 0 Å². The van der Waals surface area contributed by atoms with Crippen LogP contribution in [0.5, 0.6) is 0 Å². The van der Waals surface area contributed by atoms with Gasteiger partial charge >= 0.3 is 6.18 Å². The van der Waals surface area contributed by atoms with Crippen molar-refractivity contribution in [3.8, 4) is 0 Å². The third kappa shape index (κ3) is 2.94. The van der Waals surface area contributed by atoms with Crippen molar-refractivity contribution in [2.75, 3.05) is 19.6 Å². The maximum absolute atomic E-state index is 13.4. The predicted octanol–water partition coefficient (Wildman–Crippen LogP) is 1.80. The van der Waals surface area contributed by atoms with Gasteiger partial charge in [-0.05, 0) is 30.4 Å². The van der Waals surface area contributed by atoms with Crippen LogP contribution in [0.2, 0.25) is 0 Å². The summed E-state index contributed by atoms with van der Waals surface area (Å²) >= 11 is 0. The van der Waals surface area contributed by atoms with Crippen LogP contribution in [0.25, 0.3) is 5.65 Å². The van der Waals surface area contributed by atoms with Crippen molar-refractivity contribution < 1.29 is 22.8 Å². The Bertz CT molecular complexity index is 870. The van der Waals surface area contributed by atoms with Crippen LogP contribution in [-0.2, 0) is 11.0 Å². The fourth-order valence-electron chi connectivity index (χ4n) is 3.05. The number of pyridine rings is 1. The van der Waals surface area contributed by atoms with Crippen molar-refractivity contribution in [3.05, 3.63) is 35.3 Å². The van der Waals surface area contributed by atoms with Crippen LogP contribution in [-0.4, -0.2) is 45.7 Å². The summed E-state index contributed by atoms with van der Waals surface area (Å²) in [6.07, 6.45) is 0.0986. The van der Waals surface area contributed by atoms with Gasteiger partial charge in [0.2, 0.25) is 5.91 Å². The standard InChI is InChI=1S/C16H15F3N4O2/c17-16(18,19)11-5-10(9-1-2-9)6-23-7-12(21-14(11)23)15(25)22-4-3-20-13(24)8-22/h5-7,9H,1-4,8H2,(H,20,24). The van der Waals surface area contributed by atoms with Gasteiger partial charge in [0, 0.05) is 25.5 Å².